The molecular formula is CHCl4NO2. The second-order valence-electron chi connectivity index (χ2n) is 0.510. The molecule has 0 aromatic carbocycles. The summed E-state index contributed by atoms with van der Waals surface area (Å²) in [5.41, 5.74) is 0. The summed E-state index contributed by atoms with van der Waals surface area (Å²) in [6.07, 6.45) is 0. The van der Waals surface area contributed by atoms with Crippen LogP contribution < -0.4 is 0 Å². The van der Waals surface area contributed by atoms with E-state index in [1.54, 1.807) is 0 Å². The van der Waals surface area contributed by atoms with Crippen molar-refractivity contribution in [2.24, 2.45) is 5.34 Å². The first-order valence-corrected chi connectivity index (χ1v) is 2.65. The molecule has 0 bridgehead atoms. The van der Waals surface area contributed by atoms with E-state index in [1.165, 1.54) is 5.34 Å². The van der Waals surface area contributed by atoms with Crippen LogP contribution in [0.5, 0.6) is 0 Å². The standard InChI is InChI=1S/CCl4.HNO2/c2-1(3,4)5;2-1-3/h;(H,2,3). The summed E-state index contributed by atoms with van der Waals surface area (Å²) in [5, 5.41) is 7.89. The second kappa shape index (κ2) is 5.69. The molecule has 0 aliphatic rings. The Balaban J connectivity index is 0. The zero-order valence-electron chi connectivity index (χ0n) is 3.31. The number of rotatable bonds is 0. The van der Waals surface area contributed by atoms with Crippen molar-refractivity contribution in [2.45, 2.75) is 3.25 Å². The first-order valence-electron chi connectivity index (χ1n) is 1.14. The molecule has 1 N–H and O–H groups in total. The molecule has 0 rings (SSSR count). The quantitative estimate of drug-likeness (QED) is 0.372. The number of halogens is 4. The molecule has 0 aliphatic heterocycles. The van der Waals surface area contributed by atoms with Gasteiger partial charge in [-0.3, -0.25) is 0 Å². The van der Waals surface area contributed by atoms with Crippen LogP contribution >= 0.6 is 46.4 Å². The monoisotopic (exact) mass is 199 g/mol. The average Bonchev–Trinajstić information content (AvgIpc) is 1.27. The zero-order chi connectivity index (χ0) is 7.21. The number of nitrogens with zero attached hydrogens (tertiary/aromatic N) is 1. The third kappa shape index (κ3) is 647. The molecule has 0 aromatic rings. The summed E-state index contributed by atoms with van der Waals surface area (Å²) >= 11 is 19.3. The lowest BCUT2D eigenvalue weighted by Gasteiger charge is -1.91. The number of hydrogen-bond acceptors (Lipinski definition) is 2. The molecule has 0 amide bonds. The Bertz CT molecular complexity index is 53.5. The fourth-order valence-corrected chi connectivity index (χ4v) is 0. The molecule has 0 fully saturated rings. The largest absolute Gasteiger partial charge is 0.379 e. The highest BCUT2D eigenvalue weighted by Gasteiger charge is 2.11. The van der Waals surface area contributed by atoms with Crippen LogP contribution in [0.15, 0.2) is 5.34 Å². The number of alkyl halides is 4. The minimum Gasteiger partial charge on any atom is -0.379 e. The van der Waals surface area contributed by atoms with Gasteiger partial charge in [0.15, 0.2) is 5.34 Å². The van der Waals surface area contributed by atoms with Gasteiger partial charge in [-0.25, -0.2) is 0 Å². The highest BCUT2D eigenvalue weighted by atomic mass is 35.6. The van der Waals surface area contributed by atoms with E-state index in [9.17, 15) is 0 Å². The van der Waals surface area contributed by atoms with Crippen molar-refractivity contribution in [3.63, 3.8) is 0 Å². The molecule has 0 saturated heterocycles. The first-order chi connectivity index (χ1) is 3.41. The van der Waals surface area contributed by atoms with Crippen LogP contribution in [0.2, 0.25) is 0 Å². The van der Waals surface area contributed by atoms with E-state index in [0.29, 0.717) is 0 Å². The Kier molecular flexibility index (Phi) is 8.09. The van der Waals surface area contributed by atoms with Crippen molar-refractivity contribution in [1.29, 1.82) is 0 Å². The normalized spacial score (nSPS) is 9.00. The second-order valence-corrected chi connectivity index (χ2v) is 3.94. The van der Waals surface area contributed by atoms with E-state index in [1.807, 2.05) is 0 Å². The molecule has 0 radical (unpaired) electrons. The molecule has 0 spiro atoms. The van der Waals surface area contributed by atoms with E-state index in [2.05, 4.69) is 0 Å². The minimum absolute atomic E-state index is 1.25. The van der Waals surface area contributed by atoms with Gasteiger partial charge in [0.05, 0.1) is 0 Å². The third-order valence-electron chi connectivity index (χ3n) is 0. The van der Waals surface area contributed by atoms with Crippen LogP contribution in [-0.4, -0.2) is 8.46 Å². The van der Waals surface area contributed by atoms with Crippen molar-refractivity contribution >= 4 is 46.4 Å². The van der Waals surface area contributed by atoms with Crippen LogP contribution in [-0.2, 0) is 0 Å². The molecule has 7 heteroatoms. The molecule has 50 valence electrons. The predicted molar refractivity (Wildman–Crippen MR) is 33.7 cm³/mol. The Hall–Kier alpha value is 0.560. The van der Waals surface area contributed by atoms with Crippen LogP contribution in [0.1, 0.15) is 0 Å². The summed E-state index contributed by atoms with van der Waals surface area (Å²) in [6, 6.07) is 0. The molecule has 3 nitrogen and oxygen atoms in total. The minimum atomic E-state index is -1.61. The van der Waals surface area contributed by atoms with Crippen LogP contribution in [0.4, 0.5) is 0 Å². The van der Waals surface area contributed by atoms with Gasteiger partial charge in [0.25, 0.3) is 3.25 Å². The molecular weight excluding hydrogens is 200 g/mol. The SMILES string of the molecule is ClC(Cl)(Cl)Cl.O=NO. The maximum Gasteiger partial charge on any atom is 0.266 e. The van der Waals surface area contributed by atoms with Crippen LogP contribution in [0, 0.1) is 4.91 Å². The summed E-state index contributed by atoms with van der Waals surface area (Å²) in [5.74, 6) is 0. The van der Waals surface area contributed by atoms with Gasteiger partial charge < -0.3 is 5.21 Å². The van der Waals surface area contributed by atoms with Gasteiger partial charge in [0.1, 0.15) is 0 Å². The molecule has 0 saturated carbocycles. The van der Waals surface area contributed by atoms with Crippen LogP contribution in [0.3, 0.4) is 0 Å². The third-order valence-corrected chi connectivity index (χ3v) is 0. The van der Waals surface area contributed by atoms with Crippen molar-refractivity contribution in [1.82, 2.24) is 0 Å². The molecule has 0 unspecified atom stereocenters. The van der Waals surface area contributed by atoms with Crippen molar-refractivity contribution in [2.75, 3.05) is 0 Å². The van der Waals surface area contributed by atoms with E-state index in [-0.39, 0.29) is 0 Å². The zero-order valence-corrected chi connectivity index (χ0v) is 6.34. The Morgan fingerprint density at radius 2 is 1.25 bits per heavy atom. The van der Waals surface area contributed by atoms with Gasteiger partial charge in [-0.2, -0.15) is 0 Å². The highest BCUT2D eigenvalue weighted by Crippen LogP contribution is 2.29. The fourth-order valence-electron chi connectivity index (χ4n) is 0. The molecule has 0 heterocycles. The summed E-state index contributed by atoms with van der Waals surface area (Å²) in [7, 11) is 0. The van der Waals surface area contributed by atoms with Gasteiger partial charge in [0, 0.05) is 0 Å². The van der Waals surface area contributed by atoms with Gasteiger partial charge >= 0.3 is 0 Å². The maximum atomic E-state index is 8.11. The van der Waals surface area contributed by atoms with Crippen molar-refractivity contribution in [3.8, 4) is 0 Å². The van der Waals surface area contributed by atoms with Crippen molar-refractivity contribution in [3.05, 3.63) is 4.91 Å². The van der Waals surface area contributed by atoms with Gasteiger partial charge in [-0.1, -0.05) is 46.4 Å². The van der Waals surface area contributed by atoms with Crippen LogP contribution in [0.25, 0.3) is 0 Å². The highest BCUT2D eigenvalue weighted by molar-refractivity contribution is 6.83. The van der Waals surface area contributed by atoms with Gasteiger partial charge in [-0.05, 0) is 0 Å². The van der Waals surface area contributed by atoms with E-state index < -0.39 is 3.25 Å². The summed E-state index contributed by atoms with van der Waals surface area (Å²) in [6.45, 7) is 0. The van der Waals surface area contributed by atoms with E-state index >= 15 is 0 Å². The van der Waals surface area contributed by atoms with Gasteiger partial charge in [-0.15, -0.1) is 4.91 Å². The topological polar surface area (TPSA) is 49.7 Å². The first kappa shape index (κ1) is 11.4. The Morgan fingerprint density at radius 3 is 1.25 bits per heavy atom. The molecule has 0 aromatic heterocycles. The predicted octanol–water partition coefficient (Wildman–Crippen LogP) is 2.69. The van der Waals surface area contributed by atoms with E-state index in [4.69, 9.17) is 56.5 Å². The Morgan fingerprint density at radius 1 is 1.25 bits per heavy atom. The Labute approximate surface area is 65.4 Å². The summed E-state index contributed by atoms with van der Waals surface area (Å²) < 4.78 is -1.61. The number of hydrogen-bond donors (Lipinski definition) is 1. The average molecular weight is 201 g/mol. The summed E-state index contributed by atoms with van der Waals surface area (Å²) in [4.78, 5) is 8.11. The van der Waals surface area contributed by atoms with E-state index in [0.717, 1.165) is 0 Å². The van der Waals surface area contributed by atoms with Crippen molar-refractivity contribution < 1.29 is 5.21 Å². The maximum absolute atomic E-state index is 8.11. The molecule has 0 aliphatic carbocycles. The lowest BCUT2D eigenvalue weighted by molar-refractivity contribution is 0.312. The molecule has 8 heavy (non-hydrogen) atoms. The lowest BCUT2D eigenvalue weighted by atomic mass is 11.8. The fraction of sp³-hybridized carbons (Fsp3) is 1.00. The smallest absolute Gasteiger partial charge is 0.266 e. The molecule has 0 atom stereocenters. The van der Waals surface area contributed by atoms with Gasteiger partial charge in [0.2, 0.25) is 0 Å². The lowest BCUT2D eigenvalue weighted by Crippen LogP contribution is -1.81.